The smallest absolute Gasteiger partial charge is 0.270 e. The maximum absolute atomic E-state index is 10.9. The molecular weight excluding hydrogens is 298 g/mol. The molecular formula is C13H20ClN3O4. The van der Waals surface area contributed by atoms with Crippen LogP contribution in [0.15, 0.2) is 18.2 Å². The summed E-state index contributed by atoms with van der Waals surface area (Å²) in [5.41, 5.74) is 0.464. The molecule has 1 aliphatic rings. The Morgan fingerprint density at radius 2 is 2.05 bits per heavy atom. The fourth-order valence-corrected chi connectivity index (χ4v) is 2.57. The van der Waals surface area contributed by atoms with Crippen molar-refractivity contribution in [3.63, 3.8) is 0 Å². The number of phenols is 1. The van der Waals surface area contributed by atoms with Crippen molar-refractivity contribution in [1.29, 1.82) is 0 Å². The molecule has 1 aliphatic heterocycles. The molecule has 1 aromatic carbocycles. The van der Waals surface area contributed by atoms with E-state index in [1.54, 1.807) is 0 Å². The third-order valence-electron chi connectivity index (χ3n) is 3.58. The molecule has 0 unspecified atom stereocenters. The molecule has 3 N–H and O–H groups in total. The second-order valence-electron chi connectivity index (χ2n) is 4.81. The number of phenolic OH excluding ortho intramolecular Hbond substituents is 1. The van der Waals surface area contributed by atoms with Crippen molar-refractivity contribution in [2.24, 2.45) is 0 Å². The minimum Gasteiger partial charge on any atom is -0.508 e. The number of piperazine rings is 1. The number of nitro benzene ring substituents is 1. The number of aromatic hydroxyl groups is 1. The summed E-state index contributed by atoms with van der Waals surface area (Å²) in [5, 5.41) is 33.3. The molecule has 118 valence electrons. The second kappa shape index (κ2) is 8.14. The average Bonchev–Trinajstić information content (AvgIpc) is 2.46. The van der Waals surface area contributed by atoms with E-state index in [2.05, 4.69) is 10.2 Å². The van der Waals surface area contributed by atoms with Gasteiger partial charge in [-0.15, -0.1) is 12.4 Å². The molecule has 1 atom stereocenters. The first kappa shape index (κ1) is 17.6. The van der Waals surface area contributed by atoms with Crippen LogP contribution in [-0.4, -0.2) is 52.8 Å². The summed E-state index contributed by atoms with van der Waals surface area (Å²) in [6.07, 6.45) is 0.439. The SMILES string of the molecule is Cl.O=[N+]([O-])c1ccc(O)c([C@H](CCO)N2CCNCC2)c1. The predicted octanol–water partition coefficient (Wildman–Crippen LogP) is 1.05. The van der Waals surface area contributed by atoms with Gasteiger partial charge in [0.25, 0.3) is 5.69 Å². The number of nitrogens with zero attached hydrogens (tertiary/aromatic N) is 2. The lowest BCUT2D eigenvalue weighted by Gasteiger charge is -2.35. The highest BCUT2D eigenvalue weighted by Gasteiger charge is 2.25. The summed E-state index contributed by atoms with van der Waals surface area (Å²) in [6, 6.07) is 3.83. The first-order chi connectivity index (χ1) is 9.63. The Bertz CT molecular complexity index is 480. The van der Waals surface area contributed by atoms with Crippen LogP contribution in [0.5, 0.6) is 5.75 Å². The Hall–Kier alpha value is -1.41. The number of benzene rings is 1. The molecule has 0 saturated carbocycles. The van der Waals surface area contributed by atoms with Gasteiger partial charge in [0.15, 0.2) is 0 Å². The number of aliphatic hydroxyl groups is 1. The lowest BCUT2D eigenvalue weighted by molar-refractivity contribution is -0.385. The Labute approximate surface area is 129 Å². The molecule has 1 saturated heterocycles. The van der Waals surface area contributed by atoms with E-state index in [9.17, 15) is 20.3 Å². The number of rotatable bonds is 5. The third-order valence-corrected chi connectivity index (χ3v) is 3.58. The molecule has 7 nitrogen and oxygen atoms in total. The van der Waals surface area contributed by atoms with Gasteiger partial charge in [-0.1, -0.05) is 0 Å². The third kappa shape index (κ3) is 4.28. The molecule has 0 spiro atoms. The molecule has 21 heavy (non-hydrogen) atoms. The van der Waals surface area contributed by atoms with Crippen molar-refractivity contribution in [1.82, 2.24) is 10.2 Å². The highest BCUT2D eigenvalue weighted by atomic mass is 35.5. The van der Waals surface area contributed by atoms with E-state index >= 15 is 0 Å². The van der Waals surface area contributed by atoms with E-state index in [1.807, 2.05) is 0 Å². The highest BCUT2D eigenvalue weighted by molar-refractivity contribution is 5.85. The van der Waals surface area contributed by atoms with Crippen LogP contribution in [0.3, 0.4) is 0 Å². The van der Waals surface area contributed by atoms with Gasteiger partial charge in [0.05, 0.1) is 4.92 Å². The van der Waals surface area contributed by atoms with Crippen LogP contribution in [-0.2, 0) is 0 Å². The lowest BCUT2D eigenvalue weighted by atomic mass is 9.99. The highest BCUT2D eigenvalue weighted by Crippen LogP contribution is 2.34. The Morgan fingerprint density at radius 3 is 2.62 bits per heavy atom. The Morgan fingerprint density at radius 1 is 1.38 bits per heavy atom. The normalized spacial score (nSPS) is 17.0. The first-order valence-corrected chi connectivity index (χ1v) is 6.66. The zero-order chi connectivity index (χ0) is 14.5. The zero-order valence-electron chi connectivity index (χ0n) is 11.6. The molecule has 0 bridgehead atoms. The van der Waals surface area contributed by atoms with Gasteiger partial charge in [-0.05, 0) is 12.5 Å². The summed E-state index contributed by atoms with van der Waals surface area (Å²) in [7, 11) is 0. The maximum atomic E-state index is 10.9. The summed E-state index contributed by atoms with van der Waals surface area (Å²) in [5.74, 6) is 0.0348. The van der Waals surface area contributed by atoms with Gasteiger partial charge in [-0.2, -0.15) is 0 Å². The van der Waals surface area contributed by atoms with E-state index in [0.29, 0.717) is 12.0 Å². The van der Waals surface area contributed by atoms with E-state index in [4.69, 9.17) is 0 Å². The van der Waals surface area contributed by atoms with Crippen LogP contribution in [0.2, 0.25) is 0 Å². The molecule has 8 heteroatoms. The molecule has 1 fully saturated rings. The molecule has 0 amide bonds. The number of aliphatic hydroxyl groups excluding tert-OH is 1. The van der Waals surface area contributed by atoms with Crippen LogP contribution >= 0.6 is 12.4 Å². The molecule has 0 aliphatic carbocycles. The second-order valence-corrected chi connectivity index (χ2v) is 4.81. The van der Waals surface area contributed by atoms with E-state index < -0.39 is 4.92 Å². The summed E-state index contributed by atoms with van der Waals surface area (Å²) in [4.78, 5) is 12.5. The summed E-state index contributed by atoms with van der Waals surface area (Å²) >= 11 is 0. The Kier molecular flexibility index (Phi) is 6.83. The van der Waals surface area contributed by atoms with Crippen molar-refractivity contribution < 1.29 is 15.1 Å². The standard InChI is InChI=1S/C13H19N3O4.ClH/c17-8-3-12(15-6-4-14-5-7-15)11-9-10(16(19)20)1-2-13(11)18;/h1-2,9,12,14,17-18H,3-8H2;1H/t12-;/m0./s1. The zero-order valence-corrected chi connectivity index (χ0v) is 12.4. The number of nitrogens with one attached hydrogen (secondary N) is 1. The van der Waals surface area contributed by atoms with Crippen LogP contribution in [0, 0.1) is 10.1 Å². The van der Waals surface area contributed by atoms with E-state index in [1.165, 1.54) is 18.2 Å². The summed E-state index contributed by atoms with van der Waals surface area (Å²) < 4.78 is 0. The topological polar surface area (TPSA) is 98.9 Å². The number of hydrogen-bond donors (Lipinski definition) is 3. The van der Waals surface area contributed by atoms with Gasteiger partial charge in [0.2, 0.25) is 0 Å². The minimum absolute atomic E-state index is 0. The van der Waals surface area contributed by atoms with Gasteiger partial charge < -0.3 is 15.5 Å². The van der Waals surface area contributed by atoms with Gasteiger partial charge in [0, 0.05) is 56.5 Å². The molecule has 2 rings (SSSR count). The van der Waals surface area contributed by atoms with Crippen LogP contribution in [0.4, 0.5) is 5.69 Å². The minimum atomic E-state index is -0.475. The van der Waals surface area contributed by atoms with Crippen LogP contribution in [0.25, 0.3) is 0 Å². The first-order valence-electron chi connectivity index (χ1n) is 6.66. The summed E-state index contributed by atoms with van der Waals surface area (Å²) in [6.45, 7) is 3.20. The van der Waals surface area contributed by atoms with Gasteiger partial charge in [-0.3, -0.25) is 15.0 Å². The number of non-ortho nitro benzene ring substituents is 1. The van der Waals surface area contributed by atoms with Crippen molar-refractivity contribution in [2.45, 2.75) is 12.5 Å². The molecule has 0 aromatic heterocycles. The number of nitro groups is 1. The fraction of sp³-hybridized carbons (Fsp3) is 0.538. The molecule has 1 heterocycles. The van der Waals surface area contributed by atoms with Crippen LogP contribution in [0.1, 0.15) is 18.0 Å². The monoisotopic (exact) mass is 317 g/mol. The van der Waals surface area contributed by atoms with Gasteiger partial charge in [0.1, 0.15) is 5.75 Å². The number of halogens is 1. The van der Waals surface area contributed by atoms with E-state index in [-0.39, 0.29) is 36.5 Å². The van der Waals surface area contributed by atoms with Crippen molar-refractivity contribution in [3.8, 4) is 5.75 Å². The lowest BCUT2D eigenvalue weighted by Crippen LogP contribution is -2.45. The predicted molar refractivity (Wildman–Crippen MR) is 80.9 cm³/mol. The Balaban J connectivity index is 0.00000220. The number of hydrogen-bond acceptors (Lipinski definition) is 6. The molecule has 1 aromatic rings. The molecule has 0 radical (unpaired) electrons. The van der Waals surface area contributed by atoms with Gasteiger partial charge in [-0.25, -0.2) is 0 Å². The average molecular weight is 318 g/mol. The van der Waals surface area contributed by atoms with Crippen molar-refractivity contribution in [2.75, 3.05) is 32.8 Å². The van der Waals surface area contributed by atoms with Crippen molar-refractivity contribution in [3.05, 3.63) is 33.9 Å². The largest absolute Gasteiger partial charge is 0.508 e. The maximum Gasteiger partial charge on any atom is 0.270 e. The quantitative estimate of drug-likeness (QED) is 0.554. The van der Waals surface area contributed by atoms with Crippen molar-refractivity contribution >= 4 is 18.1 Å². The van der Waals surface area contributed by atoms with Gasteiger partial charge >= 0.3 is 0 Å². The van der Waals surface area contributed by atoms with Crippen LogP contribution < -0.4 is 5.32 Å². The van der Waals surface area contributed by atoms with E-state index in [0.717, 1.165) is 26.2 Å². The fourth-order valence-electron chi connectivity index (χ4n) is 2.57.